The van der Waals surface area contributed by atoms with E-state index in [4.69, 9.17) is 19.2 Å². The molecule has 0 bridgehead atoms. The number of thiazole rings is 1. The van der Waals surface area contributed by atoms with Gasteiger partial charge in [0.2, 0.25) is 0 Å². The number of aromatic nitrogens is 1. The number of carbonyl (C=O) groups is 1. The molecule has 1 fully saturated rings. The molecule has 6 aromatic rings. The third-order valence-corrected chi connectivity index (χ3v) is 9.93. The van der Waals surface area contributed by atoms with Crippen LogP contribution in [0.5, 0.6) is 0 Å². The first kappa shape index (κ1) is 33.6. The van der Waals surface area contributed by atoms with Gasteiger partial charge in [-0.05, 0) is 27.8 Å². The quantitative estimate of drug-likeness (QED) is 0.114. The lowest BCUT2D eigenvalue weighted by atomic mass is 9.90. The van der Waals surface area contributed by atoms with Crippen LogP contribution >= 0.6 is 11.3 Å². The summed E-state index contributed by atoms with van der Waals surface area (Å²) in [5, 5.41) is 2.93. The van der Waals surface area contributed by atoms with E-state index in [-0.39, 0.29) is 12.0 Å². The van der Waals surface area contributed by atoms with E-state index in [9.17, 15) is 4.79 Å². The van der Waals surface area contributed by atoms with Gasteiger partial charge in [-0.3, -0.25) is 9.69 Å². The Morgan fingerprint density at radius 1 is 0.660 bits per heavy atom. The largest absolute Gasteiger partial charge is 0.457 e. The fourth-order valence-corrected chi connectivity index (χ4v) is 7.51. The number of hydrogen-bond donors (Lipinski definition) is 0. The number of carbonyl (C=O) groups excluding carboxylic acids is 1. The summed E-state index contributed by atoms with van der Waals surface area (Å²) < 4.78 is 20.5. The van der Waals surface area contributed by atoms with E-state index in [1.165, 1.54) is 0 Å². The van der Waals surface area contributed by atoms with Gasteiger partial charge >= 0.3 is 5.97 Å². The maximum absolute atomic E-state index is 14.5. The van der Waals surface area contributed by atoms with E-state index in [1.54, 1.807) is 11.3 Å². The molecule has 1 aromatic heterocycles. The summed E-state index contributed by atoms with van der Waals surface area (Å²) in [6.45, 7) is 1.77. The molecule has 0 unspecified atom stereocenters. The number of likely N-dealkylation sites (tertiary alicyclic amines) is 1. The Hall–Kier alpha value is -4.92. The minimum atomic E-state index is -0.637. The molecule has 0 amide bonds. The molecule has 50 heavy (non-hydrogen) atoms. The second kappa shape index (κ2) is 16.7. The molecule has 6 nitrogen and oxygen atoms in total. The van der Waals surface area contributed by atoms with Crippen molar-refractivity contribution in [2.75, 3.05) is 6.54 Å². The Morgan fingerprint density at radius 2 is 1.14 bits per heavy atom. The Labute approximate surface area is 297 Å². The van der Waals surface area contributed by atoms with Gasteiger partial charge in [0, 0.05) is 24.7 Å². The van der Waals surface area contributed by atoms with Crippen LogP contribution in [0.25, 0.3) is 0 Å². The zero-order chi connectivity index (χ0) is 34.0. The van der Waals surface area contributed by atoms with E-state index < -0.39 is 24.2 Å². The fourth-order valence-electron chi connectivity index (χ4n) is 6.70. The number of piperidine rings is 1. The third kappa shape index (κ3) is 8.26. The first-order valence-electron chi connectivity index (χ1n) is 17.0. The zero-order valence-corrected chi connectivity index (χ0v) is 28.6. The number of rotatable bonds is 13. The summed E-state index contributed by atoms with van der Waals surface area (Å²) in [7, 11) is 0. The van der Waals surface area contributed by atoms with Gasteiger partial charge in [-0.25, -0.2) is 4.98 Å². The molecule has 4 atom stereocenters. The van der Waals surface area contributed by atoms with Crippen LogP contribution in [0, 0.1) is 0 Å². The second-order valence-electron chi connectivity index (χ2n) is 12.5. The molecule has 0 radical (unpaired) electrons. The van der Waals surface area contributed by atoms with Gasteiger partial charge in [-0.15, -0.1) is 11.3 Å². The molecular weight excluding hydrogens is 641 g/mol. The van der Waals surface area contributed by atoms with Crippen LogP contribution in [0.15, 0.2) is 163 Å². The first-order chi connectivity index (χ1) is 24.7. The standard InChI is InChI=1S/C43H40N2O4S/c46-43(38(35-22-12-4-13-23-35)36-24-14-5-15-25-36)49-37-29-45(28-32-16-6-1-7-17-32)39(42-44-26-27-50-42)41(48-31-34-20-10-3-11-21-34)40(37)47-30-33-18-8-2-9-19-33/h1-27,37-41H,28-31H2/t37-,39-,40-,41+/m1/s1. The molecular formula is C43H40N2O4S. The van der Waals surface area contributed by atoms with Crippen molar-refractivity contribution in [1.82, 2.24) is 9.88 Å². The van der Waals surface area contributed by atoms with Gasteiger partial charge in [-0.1, -0.05) is 152 Å². The monoisotopic (exact) mass is 680 g/mol. The lowest BCUT2D eigenvalue weighted by Gasteiger charge is -2.47. The van der Waals surface area contributed by atoms with E-state index in [0.717, 1.165) is 32.8 Å². The van der Waals surface area contributed by atoms with Crippen molar-refractivity contribution >= 4 is 17.3 Å². The molecule has 0 saturated carbocycles. The molecule has 0 spiro atoms. The van der Waals surface area contributed by atoms with Gasteiger partial charge in [0.1, 0.15) is 29.2 Å². The normalized spacial score (nSPS) is 19.3. The second-order valence-corrected chi connectivity index (χ2v) is 13.4. The Bertz CT molecular complexity index is 1840. The lowest BCUT2D eigenvalue weighted by molar-refractivity contribution is -0.207. The number of benzene rings is 5. The van der Waals surface area contributed by atoms with Crippen LogP contribution in [0.3, 0.4) is 0 Å². The third-order valence-electron chi connectivity index (χ3n) is 9.08. The van der Waals surface area contributed by atoms with Gasteiger partial charge in [-0.2, -0.15) is 0 Å². The van der Waals surface area contributed by atoms with Gasteiger partial charge < -0.3 is 14.2 Å². The maximum atomic E-state index is 14.5. The highest BCUT2D eigenvalue weighted by Gasteiger charge is 2.49. The molecule has 0 N–H and O–H groups in total. The highest BCUT2D eigenvalue weighted by atomic mass is 32.1. The SMILES string of the molecule is O=C(O[C@@H]1CN(Cc2ccccc2)[C@@H](c2nccs2)[C@H](OCc2ccccc2)[C@@H]1OCc1ccccc1)C(c1ccccc1)c1ccccc1. The summed E-state index contributed by atoms with van der Waals surface area (Å²) >= 11 is 1.60. The van der Waals surface area contributed by atoms with Crippen molar-refractivity contribution in [2.24, 2.45) is 0 Å². The Morgan fingerprint density at radius 3 is 1.64 bits per heavy atom. The predicted octanol–water partition coefficient (Wildman–Crippen LogP) is 8.61. The van der Waals surface area contributed by atoms with E-state index in [2.05, 4.69) is 41.3 Å². The zero-order valence-electron chi connectivity index (χ0n) is 27.7. The molecule has 2 heterocycles. The van der Waals surface area contributed by atoms with Crippen molar-refractivity contribution in [3.05, 3.63) is 196 Å². The predicted molar refractivity (Wildman–Crippen MR) is 196 cm³/mol. The van der Waals surface area contributed by atoms with Crippen molar-refractivity contribution in [2.45, 2.75) is 50.0 Å². The molecule has 1 saturated heterocycles. The highest BCUT2D eigenvalue weighted by molar-refractivity contribution is 7.09. The minimum absolute atomic E-state index is 0.242. The van der Waals surface area contributed by atoms with Crippen molar-refractivity contribution in [3.8, 4) is 0 Å². The van der Waals surface area contributed by atoms with Crippen LogP contribution in [0.2, 0.25) is 0 Å². The summed E-state index contributed by atoms with van der Waals surface area (Å²) in [6.07, 6.45) is 0.107. The highest BCUT2D eigenvalue weighted by Crippen LogP contribution is 2.40. The lowest BCUT2D eigenvalue weighted by Crippen LogP contribution is -2.59. The van der Waals surface area contributed by atoms with Crippen LogP contribution in [-0.4, -0.2) is 40.7 Å². The van der Waals surface area contributed by atoms with Gasteiger partial charge in [0.25, 0.3) is 0 Å². The van der Waals surface area contributed by atoms with Crippen LogP contribution in [0.4, 0.5) is 0 Å². The minimum Gasteiger partial charge on any atom is -0.457 e. The van der Waals surface area contributed by atoms with E-state index in [1.807, 2.05) is 127 Å². The molecule has 1 aliphatic heterocycles. The van der Waals surface area contributed by atoms with Crippen molar-refractivity contribution in [3.63, 3.8) is 0 Å². The average Bonchev–Trinajstić information content (AvgIpc) is 3.70. The summed E-state index contributed by atoms with van der Waals surface area (Å²) in [5.41, 5.74) is 4.98. The number of nitrogens with zero attached hydrogens (tertiary/aromatic N) is 2. The molecule has 7 rings (SSSR count). The molecule has 0 aliphatic carbocycles. The average molecular weight is 681 g/mol. The molecule has 1 aliphatic rings. The maximum Gasteiger partial charge on any atom is 0.318 e. The topological polar surface area (TPSA) is 60.9 Å². The van der Waals surface area contributed by atoms with Crippen molar-refractivity contribution < 1.29 is 19.0 Å². The van der Waals surface area contributed by atoms with Gasteiger partial charge in [0.05, 0.1) is 19.3 Å². The summed E-state index contributed by atoms with van der Waals surface area (Å²) in [4.78, 5) is 21.7. The fraction of sp³-hybridized carbons (Fsp3) is 0.209. The Balaban J connectivity index is 1.28. The molecule has 5 aromatic carbocycles. The van der Waals surface area contributed by atoms with Crippen molar-refractivity contribution in [1.29, 1.82) is 0 Å². The van der Waals surface area contributed by atoms with Gasteiger partial charge in [0.15, 0.2) is 0 Å². The Kier molecular flexibility index (Phi) is 11.2. The number of hydrogen-bond acceptors (Lipinski definition) is 7. The van der Waals surface area contributed by atoms with Crippen LogP contribution < -0.4 is 0 Å². The van der Waals surface area contributed by atoms with Crippen LogP contribution in [-0.2, 0) is 38.8 Å². The first-order valence-corrected chi connectivity index (χ1v) is 17.9. The smallest absolute Gasteiger partial charge is 0.318 e. The van der Waals surface area contributed by atoms with Crippen LogP contribution in [0.1, 0.15) is 44.8 Å². The summed E-state index contributed by atoms with van der Waals surface area (Å²) in [6, 6.07) is 50.0. The summed E-state index contributed by atoms with van der Waals surface area (Å²) in [5.74, 6) is -0.926. The molecule has 252 valence electrons. The van der Waals surface area contributed by atoms with E-state index >= 15 is 0 Å². The molecule has 7 heteroatoms. The van der Waals surface area contributed by atoms with E-state index in [0.29, 0.717) is 26.3 Å². The number of esters is 1. The number of ether oxygens (including phenoxy) is 3.